The van der Waals surface area contributed by atoms with E-state index in [1.807, 2.05) is 24.3 Å². The summed E-state index contributed by atoms with van der Waals surface area (Å²) in [5.74, 6) is 0.603. The molecule has 0 saturated heterocycles. The summed E-state index contributed by atoms with van der Waals surface area (Å²) in [6.45, 7) is 0. The van der Waals surface area contributed by atoms with Crippen molar-refractivity contribution in [2.45, 2.75) is 0 Å². The number of hydrogen-bond acceptors (Lipinski definition) is 3. The maximum absolute atomic E-state index is 10.5. The summed E-state index contributed by atoms with van der Waals surface area (Å²) in [7, 11) is 0. The predicted molar refractivity (Wildman–Crippen MR) is 416 cm³/mol. The number of nitrogens with zero attached hydrogens (tertiary/aromatic N) is 6. The first-order chi connectivity index (χ1) is 50.0. The molecular formula is C94H56N6O. The van der Waals surface area contributed by atoms with Crippen molar-refractivity contribution in [3.05, 3.63) is 351 Å². The van der Waals surface area contributed by atoms with E-state index < -0.39 is 0 Å². The van der Waals surface area contributed by atoms with Crippen LogP contribution >= 0.6 is 0 Å². The molecule has 20 rings (SSSR count). The van der Waals surface area contributed by atoms with Crippen molar-refractivity contribution in [2.75, 3.05) is 0 Å². The van der Waals surface area contributed by atoms with Crippen molar-refractivity contribution in [1.29, 1.82) is 10.5 Å². The first-order valence-corrected chi connectivity index (χ1v) is 34.1. The third-order valence-electron chi connectivity index (χ3n) is 20.6. The highest BCUT2D eigenvalue weighted by atomic mass is 16.3. The molecule has 0 unspecified atom stereocenters. The summed E-state index contributed by atoms with van der Waals surface area (Å²) in [6, 6.07) is 127. The quantitative estimate of drug-likeness (QED) is 0.137. The van der Waals surface area contributed by atoms with E-state index in [0.717, 1.165) is 177 Å². The molecule has 101 heavy (non-hydrogen) atoms. The lowest BCUT2D eigenvalue weighted by molar-refractivity contribution is 0.629. The number of rotatable bonds is 10. The highest BCUT2D eigenvalue weighted by molar-refractivity contribution is 6.20. The van der Waals surface area contributed by atoms with E-state index in [1.165, 1.54) is 0 Å². The van der Waals surface area contributed by atoms with Gasteiger partial charge < -0.3 is 22.7 Å². The molecule has 20 aromatic rings. The van der Waals surface area contributed by atoms with Gasteiger partial charge in [0.2, 0.25) is 0 Å². The normalized spacial score (nSPS) is 11.7. The van der Waals surface area contributed by atoms with Crippen LogP contribution in [0.25, 0.3) is 188 Å². The van der Waals surface area contributed by atoms with E-state index in [2.05, 4.69) is 340 Å². The van der Waals surface area contributed by atoms with Crippen LogP contribution in [0.4, 0.5) is 0 Å². The van der Waals surface area contributed by atoms with E-state index in [0.29, 0.717) is 22.5 Å². The standard InChI is InChI=1S/C94H56N6O/c95-57-59-49-60(58-96)51-69(50-59)70-31-13-14-36-75(70)89-56-80-90(97-81-37-19-15-32-71(81)76-52-65(41-45-85(76)97)61-23-5-1-6-24-61)91(98-82-38-20-16-33-72(82)77-53-66(42-46-86(77)98)62-25-7-2-8-26-62)92(99-83-39-21-17-34-73(83)78-54-67(43-47-87(78)99)63-27-9-3-10-28-63)93(94(80)101-89)100-84-40-22-18-35-74(84)79-55-68(44-48-88(79)100)64-29-11-4-12-30-64/h1-56H. The molecule has 0 aliphatic carbocycles. The highest BCUT2D eigenvalue weighted by Gasteiger charge is 2.35. The summed E-state index contributed by atoms with van der Waals surface area (Å²) in [4.78, 5) is 0. The molecule has 0 radical (unpaired) electrons. The lowest BCUT2D eigenvalue weighted by Gasteiger charge is -2.26. The van der Waals surface area contributed by atoms with Crippen molar-refractivity contribution in [3.63, 3.8) is 0 Å². The van der Waals surface area contributed by atoms with Crippen LogP contribution in [0.3, 0.4) is 0 Å². The second kappa shape index (κ2) is 22.8. The number of fused-ring (bicyclic) bond motifs is 13. The van der Waals surface area contributed by atoms with Gasteiger partial charge in [0, 0.05) is 54.0 Å². The minimum atomic E-state index is 0.394. The van der Waals surface area contributed by atoms with Gasteiger partial charge in [-0.25, -0.2) is 0 Å². The van der Waals surface area contributed by atoms with Gasteiger partial charge >= 0.3 is 0 Å². The van der Waals surface area contributed by atoms with Gasteiger partial charge in [-0.3, -0.25) is 0 Å². The summed E-state index contributed by atoms with van der Waals surface area (Å²) in [6.07, 6.45) is 0. The minimum absolute atomic E-state index is 0.394. The Bertz CT molecular complexity index is 6500. The van der Waals surface area contributed by atoms with Gasteiger partial charge in [0.15, 0.2) is 5.58 Å². The molecule has 5 aromatic heterocycles. The number of furan rings is 1. The Kier molecular flexibility index (Phi) is 13.0. The van der Waals surface area contributed by atoms with Crippen LogP contribution in [-0.2, 0) is 0 Å². The van der Waals surface area contributed by atoms with Gasteiger partial charge in [-0.2, -0.15) is 10.5 Å². The van der Waals surface area contributed by atoms with Crippen LogP contribution in [-0.4, -0.2) is 18.3 Å². The molecule has 7 nitrogen and oxygen atoms in total. The summed E-state index contributed by atoms with van der Waals surface area (Å²) >= 11 is 0. The molecule has 0 bridgehead atoms. The minimum Gasteiger partial charge on any atom is -0.454 e. The molecule has 7 heteroatoms. The van der Waals surface area contributed by atoms with Crippen molar-refractivity contribution < 1.29 is 4.42 Å². The third-order valence-corrected chi connectivity index (χ3v) is 20.6. The van der Waals surface area contributed by atoms with Gasteiger partial charge in [-0.15, -0.1) is 0 Å². The molecule has 0 spiro atoms. The summed E-state index contributed by atoms with van der Waals surface area (Å²) < 4.78 is 18.3. The fourth-order valence-electron chi connectivity index (χ4n) is 16.2. The Morgan fingerprint density at radius 2 is 0.505 bits per heavy atom. The van der Waals surface area contributed by atoms with Crippen LogP contribution in [0, 0.1) is 22.7 Å². The number of benzene rings is 15. The monoisotopic (exact) mass is 1280 g/mol. The molecule has 0 N–H and O–H groups in total. The fraction of sp³-hybridized carbons (Fsp3) is 0. The molecular weight excluding hydrogens is 1230 g/mol. The van der Waals surface area contributed by atoms with E-state index in [1.54, 1.807) is 6.07 Å². The number of hydrogen-bond donors (Lipinski definition) is 0. The van der Waals surface area contributed by atoms with Gasteiger partial charge in [0.1, 0.15) is 17.1 Å². The summed E-state index contributed by atoms with van der Waals surface area (Å²) in [5.41, 5.74) is 24.4. The largest absolute Gasteiger partial charge is 0.454 e. The number of aromatic nitrogens is 4. The van der Waals surface area contributed by atoms with Crippen LogP contribution in [0.1, 0.15) is 11.1 Å². The van der Waals surface area contributed by atoms with Crippen LogP contribution < -0.4 is 0 Å². The Labute approximate surface area is 580 Å². The van der Waals surface area contributed by atoms with Crippen molar-refractivity contribution >= 4 is 98.2 Å². The fourth-order valence-corrected chi connectivity index (χ4v) is 16.2. The molecule has 0 fully saturated rings. The van der Waals surface area contributed by atoms with E-state index in [9.17, 15) is 10.5 Å². The smallest absolute Gasteiger partial charge is 0.163 e. The first kappa shape index (κ1) is 57.3. The van der Waals surface area contributed by atoms with Crippen LogP contribution in [0.5, 0.6) is 0 Å². The van der Waals surface area contributed by atoms with Crippen LogP contribution in [0.15, 0.2) is 344 Å². The second-order valence-corrected chi connectivity index (χ2v) is 26.1. The second-order valence-electron chi connectivity index (χ2n) is 26.1. The number of nitriles is 2. The Balaban J connectivity index is 1.06. The topological polar surface area (TPSA) is 80.4 Å². The van der Waals surface area contributed by atoms with Gasteiger partial charge in [-0.05, 0) is 153 Å². The Morgan fingerprint density at radius 1 is 0.208 bits per heavy atom. The maximum atomic E-state index is 10.5. The molecule has 0 amide bonds. The molecule has 0 saturated carbocycles. The van der Waals surface area contributed by atoms with E-state index in [-0.39, 0.29) is 0 Å². The zero-order valence-electron chi connectivity index (χ0n) is 54.4. The molecule has 5 heterocycles. The third kappa shape index (κ3) is 8.91. The van der Waals surface area contributed by atoms with Crippen molar-refractivity contribution in [1.82, 2.24) is 18.3 Å². The molecule has 0 aliphatic rings. The highest BCUT2D eigenvalue weighted by Crippen LogP contribution is 2.53. The lowest BCUT2D eigenvalue weighted by Crippen LogP contribution is -2.14. The Hall–Kier alpha value is -14.0. The van der Waals surface area contributed by atoms with Crippen molar-refractivity contribution in [3.8, 4) is 102 Å². The number of para-hydroxylation sites is 4. The zero-order valence-corrected chi connectivity index (χ0v) is 54.4. The molecule has 0 aliphatic heterocycles. The SMILES string of the molecule is N#Cc1cc(C#N)cc(-c2ccccc2-c2cc3c(-n4c5ccccc5c5cc(-c6ccccc6)ccc54)c(-n4c5ccccc5c5cc(-c6ccccc6)ccc54)c(-n4c5ccccc5c5cc(-c6ccccc6)ccc54)c(-n4c5ccccc5c5cc(-c6ccccc6)ccc54)c3o2)c1. The van der Waals surface area contributed by atoms with Crippen molar-refractivity contribution in [2.24, 2.45) is 0 Å². The Morgan fingerprint density at radius 3 is 0.871 bits per heavy atom. The van der Waals surface area contributed by atoms with Crippen LogP contribution in [0.2, 0.25) is 0 Å². The van der Waals surface area contributed by atoms with Gasteiger partial charge in [0.05, 0.1) is 78.8 Å². The first-order valence-electron chi connectivity index (χ1n) is 34.1. The zero-order chi connectivity index (χ0) is 66.8. The van der Waals surface area contributed by atoms with E-state index >= 15 is 0 Å². The maximum Gasteiger partial charge on any atom is 0.163 e. The predicted octanol–water partition coefficient (Wildman–Crippen LogP) is 24.6. The molecule has 0 atom stereocenters. The van der Waals surface area contributed by atoms with Gasteiger partial charge in [-0.1, -0.05) is 243 Å². The van der Waals surface area contributed by atoms with Gasteiger partial charge in [0.25, 0.3) is 0 Å². The molecule has 468 valence electrons. The average molecular weight is 1290 g/mol. The lowest BCUT2D eigenvalue weighted by atomic mass is 9.95. The molecule has 15 aromatic carbocycles. The average Bonchev–Trinajstić information content (AvgIpc) is 1.62. The van der Waals surface area contributed by atoms with E-state index in [4.69, 9.17) is 4.42 Å². The summed E-state index contributed by atoms with van der Waals surface area (Å²) in [5, 5.41) is 30.7.